The van der Waals surface area contributed by atoms with E-state index in [2.05, 4.69) is 19.2 Å². The topological polar surface area (TPSA) is 39.7 Å². The second kappa shape index (κ2) is 5.59. The number of nitrogens with one attached hydrogen (secondary N) is 1. The lowest BCUT2D eigenvalue weighted by Crippen LogP contribution is -2.54. The van der Waals surface area contributed by atoms with Crippen molar-refractivity contribution in [3.63, 3.8) is 0 Å². The van der Waals surface area contributed by atoms with Crippen molar-refractivity contribution in [2.24, 2.45) is 0 Å². The van der Waals surface area contributed by atoms with E-state index in [1.54, 1.807) is 7.11 Å². The first-order chi connectivity index (χ1) is 8.61. The zero-order valence-electron chi connectivity index (χ0n) is 11.2. The fourth-order valence-corrected chi connectivity index (χ4v) is 1.85. The van der Waals surface area contributed by atoms with E-state index in [-0.39, 0.29) is 11.6 Å². The zero-order chi connectivity index (χ0) is 13.0. The van der Waals surface area contributed by atoms with Gasteiger partial charge in [0, 0.05) is 12.1 Å². The lowest BCUT2D eigenvalue weighted by Gasteiger charge is -2.35. The molecule has 0 bridgehead atoms. The third-order valence-electron chi connectivity index (χ3n) is 2.98. The van der Waals surface area contributed by atoms with Crippen LogP contribution in [-0.2, 0) is 4.74 Å². The fraction of sp³-hybridized carbons (Fsp3) is 0.571. The Morgan fingerprint density at radius 1 is 1.33 bits per heavy atom. The Morgan fingerprint density at radius 2 is 2.06 bits per heavy atom. The molecular formula is C14H21NO3. The monoisotopic (exact) mass is 251 g/mol. The number of benzene rings is 1. The third kappa shape index (κ3) is 3.37. The first kappa shape index (κ1) is 13.2. The molecule has 1 aliphatic heterocycles. The van der Waals surface area contributed by atoms with Crippen LogP contribution in [0.1, 0.15) is 13.8 Å². The van der Waals surface area contributed by atoms with E-state index < -0.39 is 0 Å². The Labute approximate surface area is 108 Å². The van der Waals surface area contributed by atoms with E-state index in [0.29, 0.717) is 13.2 Å². The molecule has 18 heavy (non-hydrogen) atoms. The summed E-state index contributed by atoms with van der Waals surface area (Å²) < 4.78 is 16.7. The molecule has 0 aliphatic carbocycles. The summed E-state index contributed by atoms with van der Waals surface area (Å²) in [4.78, 5) is 0. The molecule has 0 saturated carbocycles. The molecule has 0 spiro atoms. The highest BCUT2D eigenvalue weighted by Crippen LogP contribution is 2.26. The second-order valence-corrected chi connectivity index (χ2v) is 5.16. The molecule has 1 aromatic carbocycles. The van der Waals surface area contributed by atoms with Gasteiger partial charge in [-0.05, 0) is 26.0 Å². The van der Waals surface area contributed by atoms with Gasteiger partial charge in [0.05, 0.1) is 13.7 Å². The van der Waals surface area contributed by atoms with Crippen molar-refractivity contribution in [3.05, 3.63) is 24.3 Å². The van der Waals surface area contributed by atoms with E-state index in [9.17, 15) is 0 Å². The van der Waals surface area contributed by atoms with Crippen LogP contribution in [0.4, 0.5) is 0 Å². The van der Waals surface area contributed by atoms with E-state index in [0.717, 1.165) is 18.0 Å². The summed E-state index contributed by atoms with van der Waals surface area (Å²) in [6.45, 7) is 6.30. The molecule has 0 amide bonds. The minimum atomic E-state index is 0.0565. The first-order valence-electron chi connectivity index (χ1n) is 6.23. The maximum atomic E-state index is 5.76. The summed E-state index contributed by atoms with van der Waals surface area (Å²) in [5.74, 6) is 1.51. The summed E-state index contributed by atoms with van der Waals surface area (Å²) in [6, 6.07) is 7.64. The molecule has 0 aromatic heterocycles. The Kier molecular flexibility index (Phi) is 4.09. The molecule has 1 aliphatic rings. The summed E-state index contributed by atoms with van der Waals surface area (Å²) in [5.41, 5.74) is 0.0565. The van der Waals surface area contributed by atoms with Gasteiger partial charge in [0.15, 0.2) is 11.5 Å². The molecule has 1 unspecified atom stereocenters. The first-order valence-corrected chi connectivity index (χ1v) is 6.23. The number of methoxy groups -OCH3 is 1. The van der Waals surface area contributed by atoms with Crippen LogP contribution in [0, 0.1) is 0 Å². The number of hydrogen-bond acceptors (Lipinski definition) is 4. The van der Waals surface area contributed by atoms with E-state index in [1.165, 1.54) is 0 Å². The largest absolute Gasteiger partial charge is 0.493 e. The zero-order valence-corrected chi connectivity index (χ0v) is 11.2. The predicted molar refractivity (Wildman–Crippen MR) is 70.3 cm³/mol. The number of para-hydroxylation sites is 2. The van der Waals surface area contributed by atoms with Gasteiger partial charge in [-0.3, -0.25) is 0 Å². The van der Waals surface area contributed by atoms with Gasteiger partial charge in [-0.2, -0.15) is 0 Å². The number of hydrogen-bond donors (Lipinski definition) is 1. The summed E-state index contributed by atoms with van der Waals surface area (Å²) >= 11 is 0. The van der Waals surface area contributed by atoms with Gasteiger partial charge in [0.1, 0.15) is 12.7 Å². The Hall–Kier alpha value is -1.26. The van der Waals surface area contributed by atoms with Crippen LogP contribution in [0.2, 0.25) is 0 Å². The molecule has 4 nitrogen and oxygen atoms in total. The third-order valence-corrected chi connectivity index (χ3v) is 2.98. The molecule has 1 heterocycles. The molecule has 1 fully saturated rings. The van der Waals surface area contributed by atoms with Crippen molar-refractivity contribution in [1.82, 2.24) is 5.32 Å². The van der Waals surface area contributed by atoms with Gasteiger partial charge in [0.2, 0.25) is 0 Å². The summed E-state index contributed by atoms with van der Waals surface area (Å²) in [7, 11) is 1.64. The van der Waals surface area contributed by atoms with Crippen molar-refractivity contribution < 1.29 is 14.2 Å². The van der Waals surface area contributed by atoms with E-state index >= 15 is 0 Å². The quantitative estimate of drug-likeness (QED) is 0.886. The average Bonchev–Trinajstić information content (AvgIpc) is 2.38. The molecule has 100 valence electrons. The fourth-order valence-electron chi connectivity index (χ4n) is 1.85. The van der Waals surface area contributed by atoms with Crippen molar-refractivity contribution in [2.45, 2.75) is 25.5 Å². The van der Waals surface area contributed by atoms with Crippen LogP contribution in [-0.4, -0.2) is 38.5 Å². The van der Waals surface area contributed by atoms with Gasteiger partial charge in [-0.15, -0.1) is 0 Å². The lowest BCUT2D eigenvalue weighted by molar-refractivity contribution is -0.0414. The Balaban J connectivity index is 1.85. The van der Waals surface area contributed by atoms with Crippen molar-refractivity contribution in [3.8, 4) is 11.5 Å². The maximum Gasteiger partial charge on any atom is 0.161 e. The summed E-state index contributed by atoms with van der Waals surface area (Å²) in [5, 5.41) is 3.44. The molecular weight excluding hydrogens is 230 g/mol. The Morgan fingerprint density at radius 3 is 2.67 bits per heavy atom. The highest BCUT2D eigenvalue weighted by Gasteiger charge is 2.27. The SMILES string of the molecule is COc1ccccc1OCC1CNC(C)(C)CO1. The molecule has 1 saturated heterocycles. The number of morpholine rings is 1. The van der Waals surface area contributed by atoms with Gasteiger partial charge in [0.25, 0.3) is 0 Å². The van der Waals surface area contributed by atoms with Crippen molar-refractivity contribution in [2.75, 3.05) is 26.9 Å². The lowest BCUT2D eigenvalue weighted by atomic mass is 10.1. The molecule has 1 N–H and O–H groups in total. The van der Waals surface area contributed by atoms with Crippen LogP contribution in [0.5, 0.6) is 11.5 Å². The van der Waals surface area contributed by atoms with Gasteiger partial charge >= 0.3 is 0 Å². The molecule has 1 atom stereocenters. The molecule has 1 aromatic rings. The van der Waals surface area contributed by atoms with Crippen LogP contribution >= 0.6 is 0 Å². The highest BCUT2D eigenvalue weighted by molar-refractivity contribution is 5.39. The number of ether oxygens (including phenoxy) is 3. The Bertz CT molecular complexity index is 382. The molecule has 4 heteroatoms. The van der Waals surface area contributed by atoms with Crippen LogP contribution in [0.3, 0.4) is 0 Å². The van der Waals surface area contributed by atoms with Crippen LogP contribution < -0.4 is 14.8 Å². The maximum absolute atomic E-state index is 5.76. The second-order valence-electron chi connectivity index (χ2n) is 5.16. The van der Waals surface area contributed by atoms with E-state index in [1.807, 2.05) is 24.3 Å². The minimum Gasteiger partial charge on any atom is -0.493 e. The van der Waals surface area contributed by atoms with Gasteiger partial charge < -0.3 is 19.5 Å². The average molecular weight is 251 g/mol. The smallest absolute Gasteiger partial charge is 0.161 e. The number of rotatable bonds is 4. The normalized spacial score (nSPS) is 22.5. The van der Waals surface area contributed by atoms with E-state index in [4.69, 9.17) is 14.2 Å². The van der Waals surface area contributed by atoms with Crippen molar-refractivity contribution >= 4 is 0 Å². The van der Waals surface area contributed by atoms with Crippen LogP contribution in [0.15, 0.2) is 24.3 Å². The van der Waals surface area contributed by atoms with Gasteiger partial charge in [-0.1, -0.05) is 12.1 Å². The van der Waals surface area contributed by atoms with Gasteiger partial charge in [-0.25, -0.2) is 0 Å². The molecule has 2 rings (SSSR count). The summed E-state index contributed by atoms with van der Waals surface area (Å²) in [6.07, 6.45) is 0.0861. The van der Waals surface area contributed by atoms with Crippen molar-refractivity contribution in [1.29, 1.82) is 0 Å². The van der Waals surface area contributed by atoms with Crippen LogP contribution in [0.25, 0.3) is 0 Å². The minimum absolute atomic E-state index is 0.0565. The molecule has 0 radical (unpaired) electrons. The highest BCUT2D eigenvalue weighted by atomic mass is 16.5. The standard InChI is InChI=1S/C14H21NO3/c1-14(2)10-18-11(8-15-14)9-17-13-7-5-4-6-12(13)16-3/h4-7,11,15H,8-10H2,1-3H3. The predicted octanol–water partition coefficient (Wildman–Crippen LogP) is 1.84.